The van der Waals surface area contributed by atoms with Crippen molar-refractivity contribution in [2.45, 2.75) is 25.1 Å². The second-order valence-electron chi connectivity index (χ2n) is 4.34. The second kappa shape index (κ2) is 3.49. The minimum absolute atomic E-state index is 0.0298. The van der Waals surface area contributed by atoms with Crippen LogP contribution in [0, 0.1) is 0 Å². The molecule has 2 heterocycles. The Morgan fingerprint density at radius 1 is 1.38 bits per heavy atom. The van der Waals surface area contributed by atoms with Gasteiger partial charge < -0.3 is 15.3 Å². The van der Waals surface area contributed by atoms with Crippen LogP contribution in [0.1, 0.15) is 23.2 Å². The summed E-state index contributed by atoms with van der Waals surface area (Å²) in [6, 6.07) is 7.26. The molecule has 4 heteroatoms. The summed E-state index contributed by atoms with van der Waals surface area (Å²) in [6.45, 7) is 0.747. The van der Waals surface area contributed by atoms with Crippen LogP contribution in [0.3, 0.4) is 0 Å². The van der Waals surface area contributed by atoms with Gasteiger partial charge in [-0.1, -0.05) is 12.1 Å². The minimum atomic E-state index is -0.657. The van der Waals surface area contributed by atoms with Crippen molar-refractivity contribution in [3.8, 4) is 0 Å². The molecule has 0 unspecified atom stereocenters. The number of fused-ring (bicyclic) bond motifs is 2. The largest absolute Gasteiger partial charge is 0.372 e. The van der Waals surface area contributed by atoms with E-state index in [4.69, 9.17) is 0 Å². The van der Waals surface area contributed by atoms with Crippen LogP contribution in [0.4, 0.5) is 5.69 Å². The van der Waals surface area contributed by atoms with E-state index in [1.165, 1.54) is 0 Å². The first-order valence-electron chi connectivity index (χ1n) is 5.62. The zero-order valence-corrected chi connectivity index (χ0v) is 8.89. The number of aliphatic hydroxyl groups excluding tert-OH is 1. The van der Waals surface area contributed by atoms with Gasteiger partial charge in [-0.3, -0.25) is 4.79 Å². The van der Waals surface area contributed by atoms with Crippen LogP contribution in [-0.4, -0.2) is 34.7 Å². The Bertz CT molecular complexity index is 433. The van der Waals surface area contributed by atoms with Crippen molar-refractivity contribution in [3.05, 3.63) is 29.8 Å². The molecule has 0 saturated carbocycles. The van der Waals surface area contributed by atoms with E-state index in [9.17, 15) is 9.90 Å². The van der Waals surface area contributed by atoms with Gasteiger partial charge in [-0.25, -0.2) is 0 Å². The highest BCUT2D eigenvalue weighted by molar-refractivity contribution is 6.00. The number of amides is 1. The third-order valence-electron chi connectivity index (χ3n) is 3.39. The smallest absolute Gasteiger partial charge is 0.256 e. The number of carbonyl (C=O) groups excluding carboxylic acids is 1. The molecule has 2 atom stereocenters. The number of hydrogen-bond acceptors (Lipinski definition) is 3. The van der Waals surface area contributed by atoms with E-state index in [2.05, 4.69) is 5.32 Å². The summed E-state index contributed by atoms with van der Waals surface area (Å²) in [7, 11) is 0. The summed E-state index contributed by atoms with van der Waals surface area (Å²) < 4.78 is 0. The van der Waals surface area contributed by atoms with E-state index in [-0.39, 0.29) is 11.9 Å². The maximum atomic E-state index is 12.2. The van der Waals surface area contributed by atoms with E-state index in [1.807, 2.05) is 18.2 Å². The van der Waals surface area contributed by atoms with Gasteiger partial charge in [0.15, 0.2) is 0 Å². The molecule has 1 amide bonds. The Labute approximate surface area is 93.9 Å². The highest BCUT2D eigenvalue weighted by Crippen LogP contribution is 2.29. The van der Waals surface area contributed by atoms with Crippen molar-refractivity contribution in [3.63, 3.8) is 0 Å². The van der Waals surface area contributed by atoms with Gasteiger partial charge in [-0.05, 0) is 25.0 Å². The third-order valence-corrected chi connectivity index (χ3v) is 3.39. The Hall–Kier alpha value is -1.55. The molecule has 0 radical (unpaired) electrons. The van der Waals surface area contributed by atoms with Crippen LogP contribution in [0.25, 0.3) is 0 Å². The fourth-order valence-corrected chi connectivity index (χ4v) is 2.58. The maximum absolute atomic E-state index is 12.2. The number of para-hydroxylation sites is 1. The van der Waals surface area contributed by atoms with Gasteiger partial charge in [0.1, 0.15) is 6.23 Å². The molecule has 2 N–H and O–H groups in total. The molecule has 16 heavy (non-hydrogen) atoms. The van der Waals surface area contributed by atoms with Crippen LogP contribution < -0.4 is 5.32 Å². The number of nitrogens with one attached hydrogen (secondary N) is 1. The van der Waals surface area contributed by atoms with E-state index in [0.29, 0.717) is 5.56 Å². The van der Waals surface area contributed by atoms with Crippen molar-refractivity contribution >= 4 is 11.6 Å². The Kier molecular flexibility index (Phi) is 2.11. The highest BCUT2D eigenvalue weighted by atomic mass is 16.3. The predicted octanol–water partition coefficient (Wildman–Crippen LogP) is 1.04. The van der Waals surface area contributed by atoms with Crippen molar-refractivity contribution in [1.82, 2.24) is 4.90 Å². The van der Waals surface area contributed by atoms with Crippen LogP contribution in [-0.2, 0) is 0 Å². The molecule has 1 aromatic rings. The second-order valence-corrected chi connectivity index (χ2v) is 4.34. The maximum Gasteiger partial charge on any atom is 0.256 e. The van der Waals surface area contributed by atoms with Gasteiger partial charge in [0, 0.05) is 12.2 Å². The van der Waals surface area contributed by atoms with Crippen LogP contribution in [0.5, 0.6) is 0 Å². The predicted molar refractivity (Wildman–Crippen MR) is 60.1 cm³/mol. The summed E-state index contributed by atoms with van der Waals surface area (Å²) in [5.41, 5.74) is 1.39. The SMILES string of the molecule is O=C1c2ccccc2N[C@H](O)[C@@H]2CCCN12. The quantitative estimate of drug-likeness (QED) is 0.684. The first-order chi connectivity index (χ1) is 7.77. The van der Waals surface area contributed by atoms with Crippen molar-refractivity contribution in [1.29, 1.82) is 0 Å². The zero-order valence-electron chi connectivity index (χ0n) is 8.89. The Balaban J connectivity index is 2.08. The van der Waals surface area contributed by atoms with Gasteiger partial charge in [-0.2, -0.15) is 0 Å². The lowest BCUT2D eigenvalue weighted by molar-refractivity contribution is 0.0581. The van der Waals surface area contributed by atoms with Gasteiger partial charge in [0.25, 0.3) is 5.91 Å². The molecular weight excluding hydrogens is 204 g/mol. The van der Waals surface area contributed by atoms with Crippen molar-refractivity contribution in [2.24, 2.45) is 0 Å². The fraction of sp³-hybridized carbons (Fsp3) is 0.417. The van der Waals surface area contributed by atoms with E-state index in [0.717, 1.165) is 25.1 Å². The molecular formula is C12H14N2O2. The molecule has 0 aromatic heterocycles. The minimum Gasteiger partial charge on any atom is -0.372 e. The molecule has 2 aliphatic rings. The summed E-state index contributed by atoms with van der Waals surface area (Å²) in [6.07, 6.45) is 1.18. The van der Waals surface area contributed by atoms with E-state index < -0.39 is 6.23 Å². The summed E-state index contributed by atoms with van der Waals surface area (Å²) in [5.74, 6) is 0.0298. The van der Waals surface area contributed by atoms with Crippen molar-refractivity contribution in [2.75, 3.05) is 11.9 Å². The highest BCUT2D eigenvalue weighted by Gasteiger charge is 2.37. The molecule has 84 valence electrons. The summed E-state index contributed by atoms with van der Waals surface area (Å²) in [4.78, 5) is 14.0. The normalized spacial score (nSPS) is 28.1. The number of aliphatic hydroxyl groups is 1. The molecule has 0 bridgehead atoms. The molecule has 0 spiro atoms. The van der Waals surface area contributed by atoms with Crippen LogP contribution in [0.15, 0.2) is 24.3 Å². The number of rotatable bonds is 0. The van der Waals surface area contributed by atoms with Crippen LogP contribution in [0.2, 0.25) is 0 Å². The first kappa shape index (κ1) is 9.66. The first-order valence-corrected chi connectivity index (χ1v) is 5.62. The number of carbonyl (C=O) groups is 1. The molecule has 1 fully saturated rings. The lowest BCUT2D eigenvalue weighted by Gasteiger charge is -2.25. The molecule has 1 saturated heterocycles. The number of nitrogens with zero attached hydrogens (tertiary/aromatic N) is 1. The standard InChI is InChI=1S/C12H14N2O2/c15-11-10-6-3-7-14(10)12(16)8-4-1-2-5-9(8)13-11/h1-2,4-5,10-11,13,15H,3,6-7H2/t10-,11+/m0/s1. The summed E-state index contributed by atoms with van der Waals surface area (Å²) in [5, 5.41) is 13.0. The van der Waals surface area contributed by atoms with Crippen molar-refractivity contribution < 1.29 is 9.90 Å². The lowest BCUT2D eigenvalue weighted by Crippen LogP contribution is -2.43. The average Bonchev–Trinajstić information content (AvgIpc) is 2.74. The lowest BCUT2D eigenvalue weighted by atomic mass is 10.1. The number of benzene rings is 1. The van der Waals surface area contributed by atoms with Crippen LogP contribution >= 0.6 is 0 Å². The monoisotopic (exact) mass is 218 g/mol. The Morgan fingerprint density at radius 2 is 2.19 bits per heavy atom. The molecule has 2 aliphatic heterocycles. The molecule has 0 aliphatic carbocycles. The number of anilines is 1. The number of hydrogen-bond donors (Lipinski definition) is 2. The average molecular weight is 218 g/mol. The third kappa shape index (κ3) is 1.30. The van der Waals surface area contributed by atoms with Gasteiger partial charge in [0.05, 0.1) is 11.6 Å². The summed E-state index contributed by atoms with van der Waals surface area (Å²) >= 11 is 0. The van der Waals surface area contributed by atoms with E-state index >= 15 is 0 Å². The van der Waals surface area contributed by atoms with Gasteiger partial charge in [-0.15, -0.1) is 0 Å². The van der Waals surface area contributed by atoms with Gasteiger partial charge in [0.2, 0.25) is 0 Å². The molecule has 3 rings (SSSR count). The Morgan fingerprint density at radius 3 is 3.06 bits per heavy atom. The molecule has 1 aromatic carbocycles. The topological polar surface area (TPSA) is 52.6 Å². The van der Waals surface area contributed by atoms with Gasteiger partial charge >= 0.3 is 0 Å². The van der Waals surface area contributed by atoms with E-state index in [1.54, 1.807) is 11.0 Å². The zero-order chi connectivity index (χ0) is 11.1. The fourth-order valence-electron chi connectivity index (χ4n) is 2.58. The molecule has 4 nitrogen and oxygen atoms in total.